The number of thiophene rings is 1. The minimum Gasteiger partial charge on any atom is -0.465 e. The Balaban J connectivity index is 1.83. The number of fused-ring (bicyclic) bond motifs is 1. The van der Waals surface area contributed by atoms with Crippen LogP contribution in [0.2, 0.25) is 0 Å². The lowest BCUT2D eigenvalue weighted by atomic mass is 10.1. The molecule has 3 heterocycles. The van der Waals surface area contributed by atoms with E-state index < -0.39 is 6.61 Å². The zero-order valence-corrected chi connectivity index (χ0v) is 12.7. The lowest BCUT2D eigenvalue weighted by molar-refractivity contribution is -0.0503. The Morgan fingerprint density at radius 3 is 3.00 bits per heavy atom. The van der Waals surface area contributed by atoms with Gasteiger partial charge in [-0.3, -0.25) is 0 Å². The van der Waals surface area contributed by atoms with Crippen LogP contribution in [0.3, 0.4) is 0 Å². The molecule has 0 aliphatic rings. The van der Waals surface area contributed by atoms with E-state index >= 15 is 0 Å². The number of carbonyl (C=O) groups is 1. The van der Waals surface area contributed by atoms with Gasteiger partial charge >= 0.3 is 12.6 Å². The number of halogens is 2. The molecule has 3 aromatic rings. The molecule has 0 unspecified atom stereocenters. The number of esters is 1. The van der Waals surface area contributed by atoms with Gasteiger partial charge in [0.05, 0.1) is 25.7 Å². The van der Waals surface area contributed by atoms with Crippen molar-refractivity contribution in [1.29, 1.82) is 0 Å². The molecule has 0 N–H and O–H groups in total. The normalized spacial score (nSPS) is 11.1. The molecule has 23 heavy (non-hydrogen) atoms. The molecule has 120 valence electrons. The van der Waals surface area contributed by atoms with Gasteiger partial charge in [0.1, 0.15) is 4.88 Å². The number of aromatic nitrogens is 3. The van der Waals surface area contributed by atoms with Crippen LogP contribution in [0.1, 0.15) is 20.8 Å². The zero-order chi connectivity index (χ0) is 16.4. The Morgan fingerprint density at radius 1 is 1.43 bits per heavy atom. The number of hydrogen-bond donors (Lipinski definition) is 0. The second-order valence-corrected chi connectivity index (χ2v) is 5.50. The first-order valence-corrected chi connectivity index (χ1v) is 7.37. The van der Waals surface area contributed by atoms with Crippen molar-refractivity contribution in [1.82, 2.24) is 14.6 Å². The molecule has 9 heteroatoms. The quantitative estimate of drug-likeness (QED) is 0.669. The number of rotatable bonds is 5. The standard InChI is InChI=1S/C14H11F2N3O3S/c1-21-13(20)11-3-8(7-23-11)2-9-4-18-19-6-10(22-14(15)16)5-17-12(9)19/h3-7,14H,2H2,1H3. The molecular weight excluding hydrogens is 328 g/mol. The Morgan fingerprint density at radius 2 is 2.26 bits per heavy atom. The molecular formula is C14H11F2N3O3S. The first kappa shape index (κ1) is 15.3. The zero-order valence-electron chi connectivity index (χ0n) is 11.9. The third kappa shape index (κ3) is 3.29. The van der Waals surface area contributed by atoms with E-state index in [1.165, 1.54) is 35.4 Å². The summed E-state index contributed by atoms with van der Waals surface area (Å²) in [6.07, 6.45) is 4.68. The van der Waals surface area contributed by atoms with E-state index in [0.717, 1.165) is 11.1 Å². The van der Waals surface area contributed by atoms with E-state index in [1.54, 1.807) is 12.3 Å². The van der Waals surface area contributed by atoms with Crippen molar-refractivity contribution in [3.05, 3.63) is 46.0 Å². The van der Waals surface area contributed by atoms with Crippen molar-refractivity contribution in [3.8, 4) is 5.75 Å². The SMILES string of the molecule is COC(=O)c1cc(Cc2cnn3cc(OC(F)F)cnc23)cs1. The molecule has 0 aliphatic carbocycles. The van der Waals surface area contributed by atoms with Gasteiger partial charge in [0.25, 0.3) is 0 Å². The minimum atomic E-state index is -2.91. The van der Waals surface area contributed by atoms with E-state index in [-0.39, 0.29) is 11.7 Å². The number of hydrogen-bond acceptors (Lipinski definition) is 6. The van der Waals surface area contributed by atoms with Crippen molar-refractivity contribution < 1.29 is 23.0 Å². The minimum absolute atomic E-state index is 0.0642. The van der Waals surface area contributed by atoms with Crippen LogP contribution in [-0.4, -0.2) is 34.3 Å². The summed E-state index contributed by atoms with van der Waals surface area (Å²) >= 11 is 1.29. The smallest absolute Gasteiger partial charge is 0.387 e. The van der Waals surface area contributed by atoms with Gasteiger partial charge in [0, 0.05) is 12.0 Å². The fraction of sp³-hybridized carbons (Fsp3) is 0.214. The Labute approximate surface area is 133 Å². The summed E-state index contributed by atoms with van der Waals surface area (Å²) in [4.78, 5) is 16.1. The van der Waals surface area contributed by atoms with Crippen LogP contribution in [0.15, 0.2) is 30.0 Å². The van der Waals surface area contributed by atoms with Gasteiger partial charge in [-0.2, -0.15) is 13.9 Å². The number of ether oxygens (including phenoxy) is 2. The summed E-state index contributed by atoms with van der Waals surface area (Å²) in [6, 6.07) is 1.74. The fourth-order valence-corrected chi connectivity index (χ4v) is 2.92. The van der Waals surface area contributed by atoms with E-state index in [0.29, 0.717) is 16.9 Å². The summed E-state index contributed by atoms with van der Waals surface area (Å²) in [7, 11) is 1.33. The van der Waals surface area contributed by atoms with E-state index in [4.69, 9.17) is 0 Å². The largest absolute Gasteiger partial charge is 0.465 e. The molecule has 0 saturated heterocycles. The Kier molecular flexibility index (Phi) is 4.20. The summed E-state index contributed by atoms with van der Waals surface area (Å²) in [5.41, 5.74) is 2.26. The van der Waals surface area contributed by atoms with Crippen molar-refractivity contribution in [2.24, 2.45) is 0 Å². The highest BCUT2D eigenvalue weighted by Gasteiger charge is 2.13. The number of methoxy groups -OCH3 is 1. The molecule has 0 saturated carbocycles. The van der Waals surface area contributed by atoms with Crippen LogP contribution in [0.5, 0.6) is 5.75 Å². The summed E-state index contributed by atoms with van der Waals surface area (Å²) in [5.74, 6) is -0.446. The summed E-state index contributed by atoms with van der Waals surface area (Å²) in [6.45, 7) is -2.91. The van der Waals surface area contributed by atoms with E-state index in [9.17, 15) is 13.6 Å². The molecule has 0 amide bonds. The molecule has 0 spiro atoms. The van der Waals surface area contributed by atoms with Crippen LogP contribution in [0, 0.1) is 0 Å². The van der Waals surface area contributed by atoms with Crippen molar-refractivity contribution in [2.75, 3.05) is 7.11 Å². The predicted octanol–water partition coefficient (Wildman–Crippen LogP) is 2.77. The van der Waals surface area contributed by atoms with Gasteiger partial charge in [-0.05, 0) is 17.0 Å². The number of carbonyl (C=O) groups excluding carboxylic acids is 1. The number of nitrogens with zero attached hydrogens (tertiary/aromatic N) is 3. The van der Waals surface area contributed by atoms with Crippen molar-refractivity contribution in [3.63, 3.8) is 0 Å². The molecule has 6 nitrogen and oxygen atoms in total. The van der Waals surface area contributed by atoms with Crippen LogP contribution in [-0.2, 0) is 11.2 Å². The summed E-state index contributed by atoms with van der Waals surface area (Å²) in [5, 5.41) is 5.93. The first-order chi connectivity index (χ1) is 11.1. The molecule has 3 rings (SSSR count). The van der Waals surface area contributed by atoms with Gasteiger partial charge in [0.15, 0.2) is 11.4 Å². The number of alkyl halides is 2. The van der Waals surface area contributed by atoms with E-state index in [1.807, 2.05) is 5.38 Å². The Hall–Kier alpha value is -2.55. The maximum atomic E-state index is 12.2. The third-order valence-electron chi connectivity index (χ3n) is 3.07. The average molecular weight is 339 g/mol. The molecule has 0 aromatic carbocycles. The topological polar surface area (TPSA) is 65.7 Å². The average Bonchev–Trinajstić information content (AvgIpc) is 3.14. The molecule has 0 fully saturated rings. The highest BCUT2D eigenvalue weighted by Crippen LogP contribution is 2.21. The maximum Gasteiger partial charge on any atom is 0.387 e. The van der Waals surface area contributed by atoms with E-state index in [2.05, 4.69) is 19.6 Å². The Bertz CT molecular complexity index is 847. The molecule has 0 atom stereocenters. The fourth-order valence-electron chi connectivity index (χ4n) is 2.09. The van der Waals surface area contributed by atoms with Crippen LogP contribution >= 0.6 is 11.3 Å². The monoisotopic (exact) mass is 339 g/mol. The van der Waals surface area contributed by atoms with Crippen LogP contribution < -0.4 is 4.74 Å². The predicted molar refractivity (Wildman–Crippen MR) is 78.1 cm³/mol. The van der Waals surface area contributed by atoms with Gasteiger partial charge in [-0.1, -0.05) is 0 Å². The molecule has 3 aromatic heterocycles. The molecule has 0 radical (unpaired) electrons. The van der Waals surface area contributed by atoms with Gasteiger partial charge in [-0.15, -0.1) is 11.3 Å². The maximum absolute atomic E-state index is 12.2. The highest BCUT2D eigenvalue weighted by molar-refractivity contribution is 7.12. The lowest BCUT2D eigenvalue weighted by Gasteiger charge is -2.04. The van der Waals surface area contributed by atoms with Gasteiger partial charge in [-0.25, -0.2) is 14.3 Å². The van der Waals surface area contributed by atoms with Gasteiger partial charge in [0.2, 0.25) is 0 Å². The molecule has 0 aliphatic heterocycles. The lowest BCUT2D eigenvalue weighted by Crippen LogP contribution is -2.04. The summed E-state index contributed by atoms with van der Waals surface area (Å²) < 4.78 is 34.7. The van der Waals surface area contributed by atoms with Gasteiger partial charge < -0.3 is 9.47 Å². The van der Waals surface area contributed by atoms with Crippen LogP contribution in [0.4, 0.5) is 8.78 Å². The van der Waals surface area contributed by atoms with Crippen LogP contribution in [0.25, 0.3) is 5.65 Å². The second-order valence-electron chi connectivity index (χ2n) is 4.59. The van der Waals surface area contributed by atoms with Crippen molar-refractivity contribution in [2.45, 2.75) is 13.0 Å². The van der Waals surface area contributed by atoms with Crippen molar-refractivity contribution >= 4 is 23.0 Å². The highest BCUT2D eigenvalue weighted by atomic mass is 32.1. The third-order valence-corrected chi connectivity index (χ3v) is 4.02. The second kappa shape index (κ2) is 6.29. The first-order valence-electron chi connectivity index (χ1n) is 6.49. The molecule has 0 bridgehead atoms.